The number of para-hydroxylation sites is 1. The molecule has 1 fully saturated rings. The van der Waals surface area contributed by atoms with Gasteiger partial charge in [0.1, 0.15) is 0 Å². The van der Waals surface area contributed by atoms with Gasteiger partial charge in [-0.05, 0) is 41.8 Å². The summed E-state index contributed by atoms with van der Waals surface area (Å²) in [5.74, 6) is -1.79. The maximum atomic E-state index is 14.6. The Hall–Kier alpha value is -3.83. The number of halogens is 1. The Morgan fingerprint density at radius 2 is 1.83 bits per heavy atom. The van der Waals surface area contributed by atoms with Crippen LogP contribution in [0.2, 0.25) is 5.02 Å². The van der Waals surface area contributed by atoms with Crippen molar-refractivity contribution >= 4 is 29.1 Å². The van der Waals surface area contributed by atoms with Crippen LogP contribution < -0.4 is 9.64 Å². The van der Waals surface area contributed by atoms with E-state index in [0.29, 0.717) is 34.0 Å². The predicted octanol–water partition coefficient (Wildman–Crippen LogP) is 5.78. The van der Waals surface area contributed by atoms with Gasteiger partial charge >= 0.3 is 0 Å². The first-order valence-corrected chi connectivity index (χ1v) is 11.7. The molecule has 2 aliphatic rings. The van der Waals surface area contributed by atoms with Crippen molar-refractivity contribution in [2.75, 3.05) is 12.0 Å². The standard InChI is InChI=1S/C29H24ClNO4/c1-3-18-15-16-23-27(33)31(21-12-7-11-20(30)17-21)28(34)29(23,19-9-5-4-6-10-19)25(18)22-13-8-14-24(35-2)26(22)32/h3-15,17,23,25,32H,1,16H2,2H3. The number of carbonyl (C=O) groups excluding carboxylic acids is 2. The number of hydrogen-bond acceptors (Lipinski definition) is 4. The molecule has 3 aromatic carbocycles. The number of amides is 2. The van der Waals surface area contributed by atoms with Crippen molar-refractivity contribution < 1.29 is 19.4 Å². The number of fused-ring (bicyclic) bond motifs is 1. The average Bonchev–Trinajstić information content (AvgIpc) is 3.11. The van der Waals surface area contributed by atoms with Crippen LogP contribution in [0.25, 0.3) is 0 Å². The lowest BCUT2D eigenvalue weighted by Gasteiger charge is -2.43. The maximum Gasteiger partial charge on any atom is 0.246 e. The molecule has 2 amide bonds. The molecule has 0 aromatic heterocycles. The van der Waals surface area contributed by atoms with Crippen LogP contribution in [0.5, 0.6) is 11.5 Å². The molecular formula is C29H24ClNO4. The summed E-state index contributed by atoms with van der Waals surface area (Å²) in [7, 11) is 1.48. The van der Waals surface area contributed by atoms with Gasteiger partial charge in [0.05, 0.1) is 24.1 Å². The van der Waals surface area contributed by atoms with Crippen molar-refractivity contribution in [1.29, 1.82) is 0 Å². The molecule has 0 saturated carbocycles. The van der Waals surface area contributed by atoms with Crippen LogP contribution in [0.1, 0.15) is 23.5 Å². The molecule has 5 nitrogen and oxygen atoms in total. The lowest BCUT2D eigenvalue weighted by molar-refractivity contribution is -0.123. The van der Waals surface area contributed by atoms with Crippen molar-refractivity contribution in [3.63, 3.8) is 0 Å². The second-order valence-electron chi connectivity index (χ2n) is 8.72. The Labute approximate surface area is 208 Å². The Bertz CT molecular complexity index is 1370. The van der Waals surface area contributed by atoms with Crippen LogP contribution in [-0.4, -0.2) is 24.0 Å². The SMILES string of the molecule is C=CC1=CCC2C(=O)N(c3cccc(Cl)c3)C(=O)C2(c2ccccc2)C1c1cccc(OC)c1O. The molecule has 0 bridgehead atoms. The average molecular weight is 486 g/mol. The second-order valence-corrected chi connectivity index (χ2v) is 9.16. The Morgan fingerprint density at radius 3 is 2.51 bits per heavy atom. The van der Waals surface area contributed by atoms with Gasteiger partial charge in [-0.25, -0.2) is 4.90 Å². The van der Waals surface area contributed by atoms with Gasteiger partial charge in [0.2, 0.25) is 11.8 Å². The molecule has 3 aromatic rings. The lowest BCUT2D eigenvalue weighted by atomic mass is 9.56. The minimum Gasteiger partial charge on any atom is -0.504 e. The molecular weight excluding hydrogens is 462 g/mol. The molecule has 0 radical (unpaired) electrons. The molecule has 1 aliphatic heterocycles. The van der Waals surface area contributed by atoms with Crippen LogP contribution >= 0.6 is 11.6 Å². The summed E-state index contributed by atoms with van der Waals surface area (Å²) < 4.78 is 5.37. The number of imide groups is 1. The smallest absolute Gasteiger partial charge is 0.246 e. The van der Waals surface area contributed by atoms with E-state index in [1.807, 2.05) is 36.4 Å². The largest absolute Gasteiger partial charge is 0.504 e. The minimum atomic E-state index is -1.30. The molecule has 6 heteroatoms. The fourth-order valence-corrected chi connectivity index (χ4v) is 5.84. The maximum absolute atomic E-state index is 14.6. The zero-order chi connectivity index (χ0) is 24.7. The van der Waals surface area contributed by atoms with Crippen LogP contribution in [0.4, 0.5) is 5.69 Å². The van der Waals surface area contributed by atoms with E-state index in [-0.39, 0.29) is 17.6 Å². The fourth-order valence-electron chi connectivity index (χ4n) is 5.66. The number of ether oxygens (including phenoxy) is 1. The third kappa shape index (κ3) is 3.30. The monoisotopic (exact) mass is 485 g/mol. The predicted molar refractivity (Wildman–Crippen MR) is 136 cm³/mol. The van der Waals surface area contributed by atoms with Crippen molar-refractivity contribution in [2.24, 2.45) is 5.92 Å². The van der Waals surface area contributed by atoms with Gasteiger partial charge in [0, 0.05) is 16.5 Å². The second kappa shape index (κ2) is 8.75. The topological polar surface area (TPSA) is 66.8 Å². The van der Waals surface area contributed by atoms with E-state index in [1.165, 1.54) is 12.0 Å². The highest BCUT2D eigenvalue weighted by Gasteiger charge is 2.66. The zero-order valence-corrected chi connectivity index (χ0v) is 19.9. The zero-order valence-electron chi connectivity index (χ0n) is 19.1. The van der Waals surface area contributed by atoms with Gasteiger partial charge in [-0.3, -0.25) is 9.59 Å². The van der Waals surface area contributed by atoms with E-state index in [2.05, 4.69) is 6.58 Å². The molecule has 1 heterocycles. The quantitative estimate of drug-likeness (QED) is 0.465. The van der Waals surface area contributed by atoms with Gasteiger partial charge in [0.25, 0.3) is 0 Å². The molecule has 3 unspecified atom stereocenters. The summed E-state index contributed by atoms with van der Waals surface area (Å²) in [6.07, 6.45) is 4.00. The minimum absolute atomic E-state index is 0.0647. The number of aromatic hydroxyl groups is 1. The highest BCUT2D eigenvalue weighted by molar-refractivity contribution is 6.32. The first-order chi connectivity index (χ1) is 16.9. The number of allylic oxidation sites excluding steroid dienone is 3. The van der Waals surface area contributed by atoms with E-state index in [0.717, 1.165) is 5.57 Å². The van der Waals surface area contributed by atoms with E-state index in [1.54, 1.807) is 48.5 Å². The number of phenolic OH excluding ortho intramolecular Hbond substituents is 1. The van der Waals surface area contributed by atoms with Crippen LogP contribution in [0, 0.1) is 5.92 Å². The highest BCUT2D eigenvalue weighted by atomic mass is 35.5. The lowest BCUT2D eigenvalue weighted by Crippen LogP contribution is -2.48. The van der Waals surface area contributed by atoms with Gasteiger partial charge in [-0.1, -0.05) is 78.9 Å². The highest BCUT2D eigenvalue weighted by Crippen LogP contribution is 2.59. The van der Waals surface area contributed by atoms with Crippen molar-refractivity contribution in [2.45, 2.75) is 17.8 Å². The van der Waals surface area contributed by atoms with E-state index >= 15 is 0 Å². The first-order valence-electron chi connectivity index (χ1n) is 11.3. The summed E-state index contributed by atoms with van der Waals surface area (Å²) in [6.45, 7) is 4.00. The van der Waals surface area contributed by atoms with Crippen LogP contribution in [-0.2, 0) is 15.0 Å². The molecule has 35 heavy (non-hydrogen) atoms. The van der Waals surface area contributed by atoms with Crippen LogP contribution in [0.15, 0.2) is 97.1 Å². The molecule has 3 atom stereocenters. The molecule has 5 rings (SSSR count). The van der Waals surface area contributed by atoms with Gasteiger partial charge in [0.15, 0.2) is 11.5 Å². The number of rotatable bonds is 5. The van der Waals surface area contributed by atoms with Gasteiger partial charge in [-0.15, -0.1) is 0 Å². The number of anilines is 1. The van der Waals surface area contributed by atoms with Crippen molar-refractivity contribution in [3.05, 3.63) is 113 Å². The fraction of sp³-hybridized carbons (Fsp3) is 0.172. The normalized spacial score (nSPS) is 23.6. The summed E-state index contributed by atoms with van der Waals surface area (Å²) in [4.78, 5) is 29.8. The summed E-state index contributed by atoms with van der Waals surface area (Å²) in [5.41, 5.74) is 1.09. The number of carbonyl (C=O) groups is 2. The summed E-state index contributed by atoms with van der Waals surface area (Å²) in [5, 5.41) is 11.6. The first kappa shape index (κ1) is 22.9. The third-order valence-corrected chi connectivity index (χ3v) is 7.35. The molecule has 176 valence electrons. The third-order valence-electron chi connectivity index (χ3n) is 7.12. The Morgan fingerprint density at radius 1 is 1.09 bits per heavy atom. The van der Waals surface area contributed by atoms with Crippen molar-refractivity contribution in [3.8, 4) is 11.5 Å². The summed E-state index contributed by atoms with van der Waals surface area (Å²) >= 11 is 6.23. The van der Waals surface area contributed by atoms with Crippen molar-refractivity contribution in [1.82, 2.24) is 0 Å². The number of benzene rings is 3. The Kier molecular flexibility index (Phi) is 5.73. The number of hydrogen-bond donors (Lipinski definition) is 1. The number of methoxy groups -OCH3 is 1. The molecule has 1 saturated heterocycles. The van der Waals surface area contributed by atoms with Crippen LogP contribution in [0.3, 0.4) is 0 Å². The molecule has 1 aliphatic carbocycles. The summed E-state index contributed by atoms with van der Waals surface area (Å²) in [6, 6.07) is 21.3. The van der Waals surface area contributed by atoms with Gasteiger partial charge in [-0.2, -0.15) is 0 Å². The van der Waals surface area contributed by atoms with E-state index in [9.17, 15) is 14.7 Å². The molecule has 1 N–H and O–H groups in total. The Balaban J connectivity index is 1.83. The van der Waals surface area contributed by atoms with E-state index < -0.39 is 17.3 Å². The number of phenols is 1. The van der Waals surface area contributed by atoms with E-state index in [4.69, 9.17) is 16.3 Å². The molecule has 0 spiro atoms. The number of nitrogens with zero attached hydrogens (tertiary/aromatic N) is 1. The van der Waals surface area contributed by atoms with Gasteiger partial charge < -0.3 is 9.84 Å².